The zero-order valence-corrected chi connectivity index (χ0v) is 11.7. The van der Waals surface area contributed by atoms with Gasteiger partial charge in [0.2, 0.25) is 5.91 Å². The van der Waals surface area contributed by atoms with Gasteiger partial charge in [0, 0.05) is 12.7 Å². The van der Waals surface area contributed by atoms with Crippen LogP contribution in [0.3, 0.4) is 0 Å². The Hall–Kier alpha value is -2.82. The molecule has 0 saturated heterocycles. The number of carbonyl (C=O) groups excluding carboxylic acids is 2. The number of amides is 2. The van der Waals surface area contributed by atoms with E-state index in [-0.39, 0.29) is 18.4 Å². The van der Waals surface area contributed by atoms with Gasteiger partial charge in [-0.05, 0) is 24.3 Å². The summed E-state index contributed by atoms with van der Waals surface area (Å²) in [6.07, 6.45) is 0. The molecule has 108 valence electrons. The average Bonchev–Trinajstić information content (AvgIpc) is 2.54. The Balaban J connectivity index is 1.98. The van der Waals surface area contributed by atoms with Crippen molar-refractivity contribution in [1.29, 1.82) is 0 Å². The van der Waals surface area contributed by atoms with Gasteiger partial charge in [0.25, 0.3) is 5.91 Å². The summed E-state index contributed by atoms with van der Waals surface area (Å²) in [6.45, 7) is 0.131. The van der Waals surface area contributed by atoms with E-state index in [9.17, 15) is 9.59 Å². The highest BCUT2D eigenvalue weighted by atomic mass is 16.2. The van der Waals surface area contributed by atoms with E-state index in [0.717, 1.165) is 5.69 Å². The first-order valence-electron chi connectivity index (χ1n) is 6.60. The molecule has 0 fully saturated rings. The van der Waals surface area contributed by atoms with Crippen LogP contribution in [0.25, 0.3) is 0 Å². The maximum atomic E-state index is 11.9. The molecule has 0 heterocycles. The molecule has 0 aliphatic carbocycles. The van der Waals surface area contributed by atoms with Crippen molar-refractivity contribution in [2.24, 2.45) is 0 Å². The van der Waals surface area contributed by atoms with Gasteiger partial charge in [0.1, 0.15) is 0 Å². The highest BCUT2D eigenvalue weighted by molar-refractivity contribution is 6.04. The van der Waals surface area contributed by atoms with E-state index in [1.807, 2.05) is 30.3 Å². The van der Waals surface area contributed by atoms with Crippen molar-refractivity contribution < 1.29 is 9.59 Å². The number of rotatable bonds is 5. The molecule has 0 unspecified atom stereocenters. The molecule has 0 radical (unpaired) electrons. The van der Waals surface area contributed by atoms with E-state index in [0.29, 0.717) is 11.3 Å². The third-order valence-electron chi connectivity index (χ3n) is 2.90. The molecule has 0 saturated carbocycles. The molecule has 0 spiro atoms. The fourth-order valence-corrected chi connectivity index (χ4v) is 1.86. The number of hydrogen-bond acceptors (Lipinski definition) is 3. The maximum Gasteiger partial charge on any atom is 0.253 e. The Morgan fingerprint density at radius 3 is 2.33 bits per heavy atom. The van der Waals surface area contributed by atoms with Crippen molar-refractivity contribution in [1.82, 2.24) is 5.32 Å². The van der Waals surface area contributed by atoms with Crippen molar-refractivity contribution >= 4 is 23.2 Å². The van der Waals surface area contributed by atoms with Crippen LogP contribution >= 0.6 is 0 Å². The summed E-state index contributed by atoms with van der Waals surface area (Å²) >= 11 is 0. The minimum atomic E-state index is -0.234. The fraction of sp³-hybridized carbons (Fsp3) is 0.125. The Morgan fingerprint density at radius 2 is 1.62 bits per heavy atom. The lowest BCUT2D eigenvalue weighted by Gasteiger charge is -2.11. The molecular formula is C16H17N3O2. The quantitative estimate of drug-likeness (QED) is 0.787. The fourth-order valence-electron chi connectivity index (χ4n) is 1.86. The molecule has 2 rings (SSSR count). The molecule has 0 aliphatic heterocycles. The molecule has 5 nitrogen and oxygen atoms in total. The summed E-state index contributed by atoms with van der Waals surface area (Å²) in [5, 5.41) is 8.30. The van der Waals surface area contributed by atoms with Gasteiger partial charge >= 0.3 is 0 Å². The summed E-state index contributed by atoms with van der Waals surface area (Å²) in [7, 11) is 1.55. The molecule has 0 atom stereocenters. The highest BCUT2D eigenvalue weighted by Crippen LogP contribution is 2.14. The first-order chi connectivity index (χ1) is 10.2. The van der Waals surface area contributed by atoms with Gasteiger partial charge < -0.3 is 16.0 Å². The van der Waals surface area contributed by atoms with E-state index in [2.05, 4.69) is 16.0 Å². The second kappa shape index (κ2) is 7.09. The van der Waals surface area contributed by atoms with Crippen LogP contribution in [0.5, 0.6) is 0 Å². The second-order valence-corrected chi connectivity index (χ2v) is 4.39. The molecule has 0 aromatic heterocycles. The van der Waals surface area contributed by atoms with Crippen LogP contribution in [0, 0.1) is 0 Å². The molecule has 2 aromatic rings. The summed E-state index contributed by atoms with van der Waals surface area (Å²) in [6, 6.07) is 16.3. The van der Waals surface area contributed by atoms with Gasteiger partial charge in [-0.25, -0.2) is 0 Å². The third-order valence-corrected chi connectivity index (χ3v) is 2.90. The predicted molar refractivity (Wildman–Crippen MR) is 83.4 cm³/mol. The monoisotopic (exact) mass is 283 g/mol. The van der Waals surface area contributed by atoms with Crippen LogP contribution in [0.4, 0.5) is 11.4 Å². The standard InChI is InChI=1S/C16H17N3O2/c1-17-16(21)13-9-5-6-10-14(13)19-15(20)11-18-12-7-3-2-4-8-12/h2-10,18H,11H2,1H3,(H,17,21)(H,19,20). The smallest absolute Gasteiger partial charge is 0.253 e. The first-order valence-corrected chi connectivity index (χ1v) is 6.60. The predicted octanol–water partition coefficient (Wildman–Crippen LogP) is 2.10. The maximum absolute atomic E-state index is 11.9. The lowest BCUT2D eigenvalue weighted by atomic mass is 10.1. The van der Waals surface area contributed by atoms with Gasteiger partial charge in [-0.1, -0.05) is 30.3 Å². The minimum Gasteiger partial charge on any atom is -0.376 e. The van der Waals surface area contributed by atoms with Crippen LogP contribution in [0.15, 0.2) is 54.6 Å². The van der Waals surface area contributed by atoms with Crippen molar-refractivity contribution in [3.05, 3.63) is 60.2 Å². The molecule has 3 N–H and O–H groups in total. The molecule has 0 bridgehead atoms. The summed E-state index contributed by atoms with van der Waals surface area (Å²) in [5.74, 6) is -0.447. The average molecular weight is 283 g/mol. The summed E-state index contributed by atoms with van der Waals surface area (Å²) in [5.41, 5.74) is 1.80. The highest BCUT2D eigenvalue weighted by Gasteiger charge is 2.11. The number of benzene rings is 2. The van der Waals surface area contributed by atoms with Crippen LogP contribution in [-0.4, -0.2) is 25.4 Å². The van der Waals surface area contributed by atoms with Crippen LogP contribution in [-0.2, 0) is 4.79 Å². The zero-order valence-electron chi connectivity index (χ0n) is 11.7. The zero-order chi connectivity index (χ0) is 15.1. The van der Waals surface area contributed by atoms with Crippen molar-refractivity contribution in [3.8, 4) is 0 Å². The normalized spacial score (nSPS) is 9.76. The van der Waals surface area contributed by atoms with Gasteiger partial charge in [0.05, 0.1) is 17.8 Å². The molecular weight excluding hydrogens is 266 g/mol. The summed E-state index contributed by atoms with van der Waals surface area (Å²) in [4.78, 5) is 23.7. The lowest BCUT2D eigenvalue weighted by Crippen LogP contribution is -2.25. The van der Waals surface area contributed by atoms with Crippen LogP contribution in [0.2, 0.25) is 0 Å². The van der Waals surface area contributed by atoms with Crippen LogP contribution in [0.1, 0.15) is 10.4 Å². The van der Waals surface area contributed by atoms with E-state index >= 15 is 0 Å². The number of para-hydroxylation sites is 2. The summed E-state index contributed by atoms with van der Waals surface area (Å²) < 4.78 is 0. The molecule has 21 heavy (non-hydrogen) atoms. The van der Waals surface area contributed by atoms with Crippen LogP contribution < -0.4 is 16.0 Å². The molecule has 2 amide bonds. The number of carbonyl (C=O) groups is 2. The Kier molecular flexibility index (Phi) is 4.93. The van der Waals surface area contributed by atoms with Gasteiger partial charge in [-0.3, -0.25) is 9.59 Å². The third kappa shape index (κ3) is 4.07. The number of hydrogen-bond donors (Lipinski definition) is 3. The Labute approximate surface area is 123 Å². The Bertz CT molecular complexity index is 626. The van der Waals surface area contributed by atoms with Crippen molar-refractivity contribution in [2.45, 2.75) is 0 Å². The van der Waals surface area contributed by atoms with E-state index in [4.69, 9.17) is 0 Å². The minimum absolute atomic E-state index is 0.131. The topological polar surface area (TPSA) is 70.2 Å². The SMILES string of the molecule is CNC(=O)c1ccccc1NC(=O)CNc1ccccc1. The van der Waals surface area contributed by atoms with E-state index < -0.39 is 0 Å². The van der Waals surface area contributed by atoms with Gasteiger partial charge in [-0.15, -0.1) is 0 Å². The molecule has 2 aromatic carbocycles. The Morgan fingerprint density at radius 1 is 0.952 bits per heavy atom. The second-order valence-electron chi connectivity index (χ2n) is 4.39. The largest absolute Gasteiger partial charge is 0.376 e. The first kappa shape index (κ1) is 14.6. The van der Waals surface area contributed by atoms with E-state index in [1.54, 1.807) is 31.3 Å². The van der Waals surface area contributed by atoms with Crippen molar-refractivity contribution in [2.75, 3.05) is 24.2 Å². The molecule has 0 aliphatic rings. The number of nitrogens with one attached hydrogen (secondary N) is 3. The number of anilines is 2. The van der Waals surface area contributed by atoms with Gasteiger partial charge in [0.15, 0.2) is 0 Å². The molecule has 5 heteroatoms. The van der Waals surface area contributed by atoms with Gasteiger partial charge in [-0.2, -0.15) is 0 Å². The lowest BCUT2D eigenvalue weighted by molar-refractivity contribution is -0.114. The van der Waals surface area contributed by atoms with Crippen molar-refractivity contribution in [3.63, 3.8) is 0 Å². The van der Waals surface area contributed by atoms with E-state index in [1.165, 1.54) is 0 Å².